The molecule has 4 nitrogen and oxygen atoms in total. The van der Waals surface area contributed by atoms with Gasteiger partial charge >= 0.3 is 0 Å². The molecule has 7 heteroatoms. The molecule has 2 aromatic rings. The van der Waals surface area contributed by atoms with Gasteiger partial charge in [0.15, 0.2) is 5.17 Å². The highest BCUT2D eigenvalue weighted by Gasteiger charge is 2.24. The molecule has 1 fully saturated rings. The Morgan fingerprint density at radius 2 is 2.12 bits per heavy atom. The molecule has 0 saturated carbocycles. The number of hydrogen-bond donors (Lipinski definition) is 1. The Kier molecular flexibility index (Phi) is 5.51. The number of thioether (sulfide) groups is 1. The molecule has 0 bridgehead atoms. The van der Waals surface area contributed by atoms with Crippen molar-refractivity contribution in [1.82, 2.24) is 5.32 Å². The molecule has 1 aliphatic heterocycles. The van der Waals surface area contributed by atoms with E-state index in [-0.39, 0.29) is 5.91 Å². The van der Waals surface area contributed by atoms with E-state index in [1.807, 2.05) is 43.3 Å². The third kappa shape index (κ3) is 4.08. The van der Waals surface area contributed by atoms with Gasteiger partial charge in [0.25, 0.3) is 5.91 Å². The Balaban J connectivity index is 1.92. The van der Waals surface area contributed by atoms with Crippen molar-refractivity contribution in [3.8, 4) is 5.75 Å². The number of nitrogens with zero attached hydrogens (tertiary/aromatic N) is 1. The number of nitrogens with one attached hydrogen (secondary N) is 1. The van der Waals surface area contributed by atoms with Crippen LogP contribution in [-0.2, 0) is 4.79 Å². The number of benzene rings is 2. The molecule has 0 aliphatic carbocycles. The molecule has 1 amide bonds. The summed E-state index contributed by atoms with van der Waals surface area (Å²) in [5.74, 6) is 0.505. The Morgan fingerprint density at radius 3 is 2.88 bits per heavy atom. The van der Waals surface area contributed by atoms with Crippen LogP contribution >= 0.6 is 39.3 Å². The van der Waals surface area contributed by atoms with E-state index in [1.165, 1.54) is 11.8 Å². The van der Waals surface area contributed by atoms with Crippen LogP contribution in [0.1, 0.15) is 11.1 Å². The number of ether oxygens (including phenoxy) is 1. The van der Waals surface area contributed by atoms with Crippen LogP contribution in [0, 0.1) is 6.92 Å². The molecule has 2 aromatic carbocycles. The normalized spacial score (nSPS) is 17.2. The number of rotatable bonds is 3. The lowest BCUT2D eigenvalue weighted by Gasteiger charge is -2.05. The molecule has 0 radical (unpaired) electrons. The van der Waals surface area contributed by atoms with Crippen molar-refractivity contribution in [2.45, 2.75) is 6.92 Å². The largest absolute Gasteiger partial charge is 0.496 e. The summed E-state index contributed by atoms with van der Waals surface area (Å²) in [5, 5.41) is 3.95. The van der Waals surface area contributed by atoms with Crippen molar-refractivity contribution in [2.75, 3.05) is 7.11 Å². The maximum atomic E-state index is 12.3. The van der Waals surface area contributed by atoms with Gasteiger partial charge in [-0.05, 0) is 60.7 Å². The first-order valence-electron chi connectivity index (χ1n) is 7.36. The molecular formula is C18H14BrClN2O2S. The molecule has 0 spiro atoms. The first-order valence-corrected chi connectivity index (χ1v) is 9.35. The maximum Gasteiger partial charge on any atom is 0.264 e. The molecule has 0 aromatic heterocycles. The lowest BCUT2D eigenvalue weighted by molar-refractivity contribution is -0.115. The van der Waals surface area contributed by atoms with Gasteiger partial charge in [-0.3, -0.25) is 4.79 Å². The molecule has 1 aliphatic rings. The summed E-state index contributed by atoms with van der Waals surface area (Å²) in [7, 11) is 1.60. The Morgan fingerprint density at radius 1 is 1.32 bits per heavy atom. The smallest absolute Gasteiger partial charge is 0.264 e. The van der Waals surface area contributed by atoms with Crippen molar-refractivity contribution in [1.29, 1.82) is 0 Å². The number of amides is 1. The third-order valence-corrected chi connectivity index (χ3v) is 5.40. The predicted molar refractivity (Wildman–Crippen MR) is 108 cm³/mol. The Labute approximate surface area is 163 Å². The van der Waals surface area contributed by atoms with Crippen LogP contribution in [0.3, 0.4) is 0 Å². The highest BCUT2D eigenvalue weighted by atomic mass is 79.9. The van der Waals surface area contributed by atoms with E-state index in [9.17, 15) is 4.79 Å². The topological polar surface area (TPSA) is 50.7 Å². The number of halogens is 2. The molecule has 1 saturated heterocycles. The molecule has 128 valence electrons. The van der Waals surface area contributed by atoms with E-state index in [0.717, 1.165) is 21.3 Å². The SMILES string of the molecule is COc1ccc(Br)cc1/C=C1\SC(=Nc2cccc(Cl)c2C)NC1=O. The van der Waals surface area contributed by atoms with E-state index in [4.69, 9.17) is 16.3 Å². The van der Waals surface area contributed by atoms with E-state index in [0.29, 0.717) is 20.8 Å². The summed E-state index contributed by atoms with van der Waals surface area (Å²) in [4.78, 5) is 17.3. The molecule has 1 N–H and O–H groups in total. The van der Waals surface area contributed by atoms with Gasteiger partial charge in [-0.2, -0.15) is 0 Å². The van der Waals surface area contributed by atoms with E-state index in [1.54, 1.807) is 13.2 Å². The number of hydrogen-bond acceptors (Lipinski definition) is 4. The van der Waals surface area contributed by atoms with E-state index < -0.39 is 0 Å². The molecular weight excluding hydrogens is 424 g/mol. The average molecular weight is 438 g/mol. The number of methoxy groups -OCH3 is 1. The van der Waals surface area contributed by atoms with E-state index in [2.05, 4.69) is 26.2 Å². The van der Waals surface area contributed by atoms with Gasteiger partial charge in [0.2, 0.25) is 0 Å². The molecule has 1 heterocycles. The lowest BCUT2D eigenvalue weighted by Crippen LogP contribution is -2.19. The fraction of sp³-hybridized carbons (Fsp3) is 0.111. The zero-order valence-electron chi connectivity index (χ0n) is 13.5. The summed E-state index contributed by atoms with van der Waals surface area (Å²) >= 11 is 10.8. The number of amidine groups is 1. The van der Waals surface area contributed by atoms with Crippen molar-refractivity contribution in [2.24, 2.45) is 4.99 Å². The number of carbonyl (C=O) groups excluding carboxylic acids is 1. The molecule has 25 heavy (non-hydrogen) atoms. The molecule has 0 unspecified atom stereocenters. The van der Waals surface area contributed by atoms with Gasteiger partial charge in [0.05, 0.1) is 17.7 Å². The predicted octanol–water partition coefficient (Wildman–Crippen LogP) is 5.31. The van der Waals surface area contributed by atoms with Crippen LogP contribution in [0.5, 0.6) is 5.75 Å². The first kappa shape index (κ1) is 18.0. The van der Waals surface area contributed by atoms with Crippen molar-refractivity contribution < 1.29 is 9.53 Å². The van der Waals surface area contributed by atoms with Gasteiger partial charge in [-0.15, -0.1) is 0 Å². The highest BCUT2D eigenvalue weighted by Crippen LogP contribution is 2.33. The maximum absolute atomic E-state index is 12.3. The minimum atomic E-state index is -0.189. The minimum Gasteiger partial charge on any atom is -0.496 e. The van der Waals surface area contributed by atoms with Gasteiger partial charge in [-0.1, -0.05) is 33.6 Å². The number of aliphatic imine (C=N–C) groups is 1. The Hall–Kier alpha value is -1.76. The van der Waals surface area contributed by atoms with Crippen molar-refractivity contribution in [3.63, 3.8) is 0 Å². The summed E-state index contributed by atoms with van der Waals surface area (Å²) in [6.07, 6.45) is 1.79. The fourth-order valence-corrected chi connectivity index (χ4v) is 3.64. The van der Waals surface area contributed by atoms with Crippen LogP contribution in [0.15, 0.2) is 50.8 Å². The second kappa shape index (κ2) is 7.64. The molecule has 0 atom stereocenters. The van der Waals surface area contributed by atoms with Crippen LogP contribution in [-0.4, -0.2) is 18.2 Å². The number of carbonyl (C=O) groups is 1. The third-order valence-electron chi connectivity index (χ3n) is 3.59. The van der Waals surface area contributed by atoms with Crippen LogP contribution in [0.25, 0.3) is 6.08 Å². The second-order valence-corrected chi connectivity index (χ2v) is 7.61. The van der Waals surface area contributed by atoms with Gasteiger partial charge < -0.3 is 10.1 Å². The van der Waals surface area contributed by atoms with Crippen molar-refractivity contribution in [3.05, 3.63) is 61.9 Å². The van der Waals surface area contributed by atoms with Crippen LogP contribution in [0.4, 0.5) is 5.69 Å². The summed E-state index contributed by atoms with van der Waals surface area (Å²) in [6, 6.07) is 11.1. The zero-order chi connectivity index (χ0) is 18.0. The van der Waals surface area contributed by atoms with Crippen LogP contribution < -0.4 is 10.1 Å². The Bertz CT molecular complexity index is 912. The first-order chi connectivity index (χ1) is 12.0. The van der Waals surface area contributed by atoms with Gasteiger partial charge in [-0.25, -0.2) is 4.99 Å². The van der Waals surface area contributed by atoms with Gasteiger partial charge in [0, 0.05) is 15.1 Å². The summed E-state index contributed by atoms with van der Waals surface area (Å²) < 4.78 is 6.26. The van der Waals surface area contributed by atoms with Crippen LogP contribution in [0.2, 0.25) is 5.02 Å². The zero-order valence-corrected chi connectivity index (χ0v) is 16.6. The molecule has 3 rings (SSSR count). The summed E-state index contributed by atoms with van der Waals surface area (Å²) in [5.41, 5.74) is 2.42. The second-order valence-electron chi connectivity index (χ2n) is 5.25. The fourth-order valence-electron chi connectivity index (χ4n) is 2.27. The van der Waals surface area contributed by atoms with Gasteiger partial charge in [0.1, 0.15) is 5.75 Å². The van der Waals surface area contributed by atoms with Crippen molar-refractivity contribution >= 4 is 62.1 Å². The lowest BCUT2D eigenvalue weighted by atomic mass is 10.2. The summed E-state index contributed by atoms with van der Waals surface area (Å²) in [6.45, 7) is 1.90. The van der Waals surface area contributed by atoms with E-state index >= 15 is 0 Å². The highest BCUT2D eigenvalue weighted by molar-refractivity contribution is 9.10. The minimum absolute atomic E-state index is 0.189. The monoisotopic (exact) mass is 436 g/mol. The quantitative estimate of drug-likeness (QED) is 0.662. The average Bonchev–Trinajstić information content (AvgIpc) is 2.91. The standard InChI is InChI=1S/C18H14BrClN2O2S/c1-10-13(20)4-3-5-14(10)21-18-22-17(23)16(25-18)9-11-8-12(19)6-7-15(11)24-2/h3-9H,1-2H3,(H,21,22,23)/b16-9-.